The second-order valence-corrected chi connectivity index (χ2v) is 8.01. The summed E-state index contributed by atoms with van der Waals surface area (Å²) in [4.78, 5) is 29.1. The van der Waals surface area contributed by atoms with Crippen molar-refractivity contribution in [2.75, 3.05) is 26.2 Å². The summed E-state index contributed by atoms with van der Waals surface area (Å²) in [6, 6.07) is 4.37. The average molecular weight is 377 g/mol. The molecule has 2 aliphatic rings. The van der Waals surface area contributed by atoms with Crippen molar-refractivity contribution in [3.8, 4) is 6.07 Å². The van der Waals surface area contributed by atoms with Crippen molar-refractivity contribution in [3.05, 3.63) is 30.5 Å². The van der Waals surface area contributed by atoms with Gasteiger partial charge in [0.05, 0.1) is 35.4 Å². The quantitative estimate of drug-likeness (QED) is 0.705. The maximum Gasteiger partial charge on any atom is 0.320 e. The summed E-state index contributed by atoms with van der Waals surface area (Å²) in [5.74, 6) is 1.55. The van der Waals surface area contributed by atoms with Gasteiger partial charge in [-0.3, -0.25) is 4.40 Å². The van der Waals surface area contributed by atoms with Crippen LogP contribution in [0.25, 0.3) is 16.7 Å². The minimum absolute atomic E-state index is 0.0333. The van der Waals surface area contributed by atoms with Crippen LogP contribution in [0.2, 0.25) is 0 Å². The van der Waals surface area contributed by atoms with Gasteiger partial charge in [0.25, 0.3) is 0 Å². The highest BCUT2D eigenvalue weighted by Gasteiger charge is 2.36. The van der Waals surface area contributed by atoms with Crippen molar-refractivity contribution in [1.82, 2.24) is 29.2 Å². The number of likely N-dealkylation sites (tertiary alicyclic amines) is 2. The van der Waals surface area contributed by atoms with Crippen LogP contribution in [-0.4, -0.2) is 61.4 Å². The van der Waals surface area contributed by atoms with E-state index in [9.17, 15) is 4.79 Å². The first-order chi connectivity index (χ1) is 13.7. The number of imidazole rings is 1. The SMILES string of the molecule is CC1CCN(C(=O)N2CCC(C#N)C2)CC1c1ncc2cnc3[nH]ccc3n12. The topological polar surface area (TPSA) is 93.3 Å². The molecule has 5 heterocycles. The smallest absolute Gasteiger partial charge is 0.320 e. The van der Waals surface area contributed by atoms with E-state index in [-0.39, 0.29) is 17.9 Å². The summed E-state index contributed by atoms with van der Waals surface area (Å²) >= 11 is 0. The number of nitrogens with zero attached hydrogens (tertiary/aromatic N) is 6. The number of hydrogen-bond donors (Lipinski definition) is 1. The number of nitriles is 1. The maximum absolute atomic E-state index is 13.0. The van der Waals surface area contributed by atoms with Crippen molar-refractivity contribution in [2.45, 2.75) is 25.7 Å². The molecule has 28 heavy (non-hydrogen) atoms. The van der Waals surface area contributed by atoms with Gasteiger partial charge in [-0.1, -0.05) is 6.92 Å². The number of fused-ring (bicyclic) bond motifs is 3. The molecule has 2 fully saturated rings. The summed E-state index contributed by atoms with van der Waals surface area (Å²) in [6.07, 6.45) is 7.31. The molecule has 0 spiro atoms. The lowest BCUT2D eigenvalue weighted by atomic mass is 9.86. The Balaban J connectivity index is 1.45. The van der Waals surface area contributed by atoms with Gasteiger partial charge in [-0.15, -0.1) is 0 Å². The number of aromatic amines is 1. The number of aromatic nitrogens is 4. The van der Waals surface area contributed by atoms with E-state index in [2.05, 4.69) is 27.4 Å². The zero-order valence-electron chi connectivity index (χ0n) is 15.9. The first kappa shape index (κ1) is 17.0. The summed E-state index contributed by atoms with van der Waals surface area (Å²) in [6.45, 7) is 4.88. The number of carbonyl (C=O) groups excluding carboxylic acids is 1. The van der Waals surface area contributed by atoms with Crippen molar-refractivity contribution in [2.24, 2.45) is 11.8 Å². The van der Waals surface area contributed by atoms with Crippen molar-refractivity contribution in [1.29, 1.82) is 5.26 Å². The third kappa shape index (κ3) is 2.61. The van der Waals surface area contributed by atoms with E-state index >= 15 is 0 Å². The second-order valence-electron chi connectivity index (χ2n) is 8.01. The highest BCUT2D eigenvalue weighted by Crippen LogP contribution is 2.33. The van der Waals surface area contributed by atoms with Gasteiger partial charge >= 0.3 is 6.03 Å². The summed E-state index contributed by atoms with van der Waals surface area (Å²) in [5.41, 5.74) is 2.81. The first-order valence-corrected chi connectivity index (χ1v) is 9.88. The molecular weight excluding hydrogens is 354 g/mol. The first-order valence-electron chi connectivity index (χ1n) is 9.88. The van der Waals surface area contributed by atoms with Crippen molar-refractivity contribution >= 4 is 22.7 Å². The molecule has 3 atom stereocenters. The highest BCUT2D eigenvalue weighted by molar-refractivity contribution is 5.76. The normalized spacial score (nSPS) is 25.5. The number of urea groups is 1. The van der Waals surface area contributed by atoms with Crippen LogP contribution < -0.4 is 0 Å². The van der Waals surface area contributed by atoms with E-state index in [0.717, 1.165) is 41.9 Å². The van der Waals surface area contributed by atoms with E-state index in [1.807, 2.05) is 34.5 Å². The molecule has 8 nitrogen and oxygen atoms in total. The number of rotatable bonds is 1. The monoisotopic (exact) mass is 377 g/mol. The van der Waals surface area contributed by atoms with Crippen LogP contribution >= 0.6 is 0 Å². The Morgan fingerprint density at radius 3 is 2.82 bits per heavy atom. The summed E-state index contributed by atoms with van der Waals surface area (Å²) < 4.78 is 2.16. The lowest BCUT2D eigenvalue weighted by molar-refractivity contribution is 0.131. The molecule has 0 radical (unpaired) electrons. The predicted molar refractivity (Wildman–Crippen MR) is 104 cm³/mol. The molecule has 3 aromatic rings. The van der Waals surface area contributed by atoms with Crippen LogP contribution in [0.4, 0.5) is 4.79 Å². The van der Waals surface area contributed by atoms with E-state index in [0.29, 0.717) is 25.6 Å². The molecule has 3 aromatic heterocycles. The number of nitrogens with one attached hydrogen (secondary N) is 1. The van der Waals surface area contributed by atoms with Crippen LogP contribution in [0.3, 0.4) is 0 Å². The highest BCUT2D eigenvalue weighted by atomic mass is 16.2. The molecule has 2 saturated heterocycles. The van der Waals surface area contributed by atoms with Gasteiger partial charge in [0.1, 0.15) is 5.82 Å². The largest absolute Gasteiger partial charge is 0.345 e. The van der Waals surface area contributed by atoms with Crippen LogP contribution in [0.15, 0.2) is 24.7 Å². The maximum atomic E-state index is 13.0. The zero-order valence-corrected chi connectivity index (χ0v) is 15.9. The third-order valence-corrected chi connectivity index (χ3v) is 6.29. The van der Waals surface area contributed by atoms with Crippen LogP contribution in [0.5, 0.6) is 0 Å². The molecule has 5 rings (SSSR count). The molecule has 0 aromatic carbocycles. The minimum atomic E-state index is -0.0333. The molecular formula is C20H23N7O. The molecule has 1 N–H and O–H groups in total. The zero-order chi connectivity index (χ0) is 19.3. The number of amides is 2. The van der Waals surface area contributed by atoms with E-state index in [1.165, 1.54) is 0 Å². The van der Waals surface area contributed by atoms with E-state index < -0.39 is 0 Å². The molecule has 8 heteroatoms. The Kier molecular flexibility index (Phi) is 3.97. The standard InChI is InChI=1S/C20H23N7O/c1-13-3-6-26(20(28)25-7-4-14(8-21)11-25)12-16(13)19-24-10-15-9-23-18-17(27(15)19)2-5-22-18/h2,5,9-10,13-14,16,22H,3-4,6-7,11-12H2,1H3. The van der Waals surface area contributed by atoms with Gasteiger partial charge in [-0.05, 0) is 24.8 Å². The Bertz CT molecular complexity index is 1080. The Labute approximate surface area is 162 Å². The van der Waals surface area contributed by atoms with E-state index in [4.69, 9.17) is 10.2 Å². The third-order valence-electron chi connectivity index (χ3n) is 6.29. The molecule has 0 bridgehead atoms. The van der Waals surface area contributed by atoms with Gasteiger partial charge in [-0.25, -0.2) is 14.8 Å². The van der Waals surface area contributed by atoms with Gasteiger partial charge in [0, 0.05) is 38.3 Å². The van der Waals surface area contributed by atoms with Gasteiger partial charge < -0.3 is 14.8 Å². The Morgan fingerprint density at radius 1 is 1.21 bits per heavy atom. The molecule has 2 amide bonds. The Hall–Kier alpha value is -3.08. The number of H-pyrrole nitrogens is 1. The van der Waals surface area contributed by atoms with Gasteiger partial charge in [-0.2, -0.15) is 5.26 Å². The molecule has 3 unspecified atom stereocenters. The molecule has 2 aliphatic heterocycles. The fourth-order valence-electron chi connectivity index (χ4n) is 4.58. The predicted octanol–water partition coefficient (Wildman–Crippen LogP) is 2.60. The van der Waals surface area contributed by atoms with Gasteiger partial charge in [0.2, 0.25) is 0 Å². The molecule has 0 saturated carbocycles. The lowest BCUT2D eigenvalue weighted by Crippen LogP contribution is -2.48. The van der Waals surface area contributed by atoms with Crippen molar-refractivity contribution in [3.63, 3.8) is 0 Å². The second kappa shape index (κ2) is 6.51. The minimum Gasteiger partial charge on any atom is -0.345 e. The average Bonchev–Trinajstić information content (AvgIpc) is 3.45. The summed E-state index contributed by atoms with van der Waals surface area (Å²) in [5, 5.41) is 9.13. The number of piperidine rings is 1. The van der Waals surface area contributed by atoms with Crippen molar-refractivity contribution < 1.29 is 4.79 Å². The van der Waals surface area contributed by atoms with E-state index in [1.54, 1.807) is 0 Å². The fourth-order valence-corrected chi connectivity index (χ4v) is 4.58. The lowest BCUT2D eigenvalue weighted by Gasteiger charge is -2.38. The number of carbonyl (C=O) groups is 1. The van der Waals surface area contributed by atoms with Crippen LogP contribution in [-0.2, 0) is 0 Å². The van der Waals surface area contributed by atoms with Crippen LogP contribution in [0.1, 0.15) is 31.5 Å². The van der Waals surface area contributed by atoms with Gasteiger partial charge in [0.15, 0.2) is 5.65 Å². The molecule has 0 aliphatic carbocycles. The summed E-state index contributed by atoms with van der Waals surface area (Å²) in [7, 11) is 0. The van der Waals surface area contributed by atoms with Crippen LogP contribution in [0, 0.1) is 23.2 Å². The Morgan fingerprint density at radius 2 is 2.00 bits per heavy atom. The molecule has 144 valence electrons. The number of hydrogen-bond acceptors (Lipinski definition) is 4. The fraction of sp³-hybridized carbons (Fsp3) is 0.500.